The number of hydrogen-bond acceptors (Lipinski definition) is 4. The first-order chi connectivity index (χ1) is 12.1. The first kappa shape index (κ1) is 17.0. The number of nitrogens with one attached hydrogen (secondary N) is 1. The lowest BCUT2D eigenvalue weighted by Crippen LogP contribution is -2.16. The van der Waals surface area contributed by atoms with Gasteiger partial charge in [-0.3, -0.25) is 4.79 Å². The Hall–Kier alpha value is -2.79. The summed E-state index contributed by atoms with van der Waals surface area (Å²) in [5.74, 6) is 0.887. The molecule has 3 rings (SSSR count). The Kier molecular flexibility index (Phi) is 5.05. The third-order valence-electron chi connectivity index (χ3n) is 3.84. The van der Waals surface area contributed by atoms with Crippen molar-refractivity contribution in [1.29, 1.82) is 0 Å². The molecular formula is C19H17ClN2O3. The lowest BCUT2D eigenvalue weighted by molar-refractivity contribution is 0.101. The molecule has 0 saturated heterocycles. The van der Waals surface area contributed by atoms with Crippen LogP contribution in [0.25, 0.3) is 0 Å². The standard InChI is InChI=1S/C19H17ClN2O3/c1-12-16(20)9-6-10-17(12)21-19(23)18-15(13(2)25-22-18)11-24-14-7-4-3-5-8-14/h3-10H,11H2,1-2H3,(H,21,23). The topological polar surface area (TPSA) is 64.4 Å². The smallest absolute Gasteiger partial charge is 0.278 e. The van der Waals surface area contributed by atoms with Crippen LogP contribution in [0.15, 0.2) is 53.1 Å². The van der Waals surface area contributed by atoms with Crippen molar-refractivity contribution in [3.63, 3.8) is 0 Å². The number of carbonyl (C=O) groups is 1. The van der Waals surface area contributed by atoms with Crippen LogP contribution >= 0.6 is 11.6 Å². The number of benzene rings is 2. The van der Waals surface area contributed by atoms with E-state index in [4.69, 9.17) is 20.9 Å². The van der Waals surface area contributed by atoms with Crippen LogP contribution in [0.4, 0.5) is 5.69 Å². The Balaban J connectivity index is 1.78. The average molecular weight is 357 g/mol. The molecule has 1 N–H and O–H groups in total. The van der Waals surface area contributed by atoms with Gasteiger partial charge in [0, 0.05) is 10.7 Å². The van der Waals surface area contributed by atoms with Crippen molar-refractivity contribution < 1.29 is 14.1 Å². The van der Waals surface area contributed by atoms with E-state index in [9.17, 15) is 4.79 Å². The summed E-state index contributed by atoms with van der Waals surface area (Å²) in [6.45, 7) is 3.78. The Morgan fingerprint density at radius 1 is 1.16 bits per heavy atom. The molecule has 0 aliphatic rings. The van der Waals surface area contributed by atoms with Crippen molar-refractivity contribution in [2.75, 3.05) is 5.32 Å². The van der Waals surface area contributed by atoms with Crippen molar-refractivity contribution in [2.24, 2.45) is 0 Å². The van der Waals surface area contributed by atoms with Gasteiger partial charge >= 0.3 is 0 Å². The van der Waals surface area contributed by atoms with Gasteiger partial charge in [-0.25, -0.2) is 0 Å². The minimum absolute atomic E-state index is 0.191. The summed E-state index contributed by atoms with van der Waals surface area (Å²) in [5.41, 5.74) is 2.24. The van der Waals surface area contributed by atoms with Crippen molar-refractivity contribution in [1.82, 2.24) is 5.16 Å². The quantitative estimate of drug-likeness (QED) is 0.714. The number of ether oxygens (including phenoxy) is 1. The van der Waals surface area contributed by atoms with E-state index in [2.05, 4.69) is 10.5 Å². The van der Waals surface area contributed by atoms with Crippen LogP contribution in [0.5, 0.6) is 5.75 Å². The van der Waals surface area contributed by atoms with E-state index in [1.165, 1.54) is 0 Å². The van der Waals surface area contributed by atoms with Gasteiger partial charge in [-0.05, 0) is 43.7 Å². The maximum absolute atomic E-state index is 12.6. The predicted molar refractivity (Wildman–Crippen MR) is 96.2 cm³/mol. The Bertz CT molecular complexity index is 891. The van der Waals surface area contributed by atoms with Crippen molar-refractivity contribution in [3.8, 4) is 5.75 Å². The Morgan fingerprint density at radius 3 is 2.68 bits per heavy atom. The summed E-state index contributed by atoms with van der Waals surface area (Å²) in [7, 11) is 0. The molecule has 2 aromatic carbocycles. The van der Waals surface area contributed by atoms with E-state index in [0.717, 1.165) is 5.56 Å². The second-order valence-electron chi connectivity index (χ2n) is 5.53. The highest BCUT2D eigenvalue weighted by atomic mass is 35.5. The first-order valence-corrected chi connectivity index (χ1v) is 8.13. The zero-order valence-corrected chi connectivity index (χ0v) is 14.6. The van der Waals surface area contributed by atoms with Gasteiger partial charge < -0.3 is 14.6 Å². The predicted octanol–water partition coefficient (Wildman–Crippen LogP) is 4.78. The average Bonchev–Trinajstić information content (AvgIpc) is 2.99. The minimum atomic E-state index is -0.367. The summed E-state index contributed by atoms with van der Waals surface area (Å²) >= 11 is 6.09. The molecule has 1 heterocycles. The van der Waals surface area contributed by atoms with E-state index in [0.29, 0.717) is 27.8 Å². The monoisotopic (exact) mass is 356 g/mol. The minimum Gasteiger partial charge on any atom is -0.489 e. The Labute approximate surface area is 150 Å². The fourth-order valence-electron chi connectivity index (χ4n) is 2.34. The number of rotatable bonds is 5. The lowest BCUT2D eigenvalue weighted by Gasteiger charge is -2.09. The third kappa shape index (κ3) is 3.83. The summed E-state index contributed by atoms with van der Waals surface area (Å²) < 4.78 is 10.9. The Morgan fingerprint density at radius 2 is 1.92 bits per heavy atom. The summed E-state index contributed by atoms with van der Waals surface area (Å²) in [4.78, 5) is 12.6. The number of aryl methyl sites for hydroxylation is 1. The van der Waals surface area contributed by atoms with Crippen molar-refractivity contribution >= 4 is 23.2 Å². The maximum Gasteiger partial charge on any atom is 0.278 e. The van der Waals surface area contributed by atoms with Gasteiger partial charge in [0.25, 0.3) is 5.91 Å². The molecule has 1 amide bonds. The van der Waals surface area contributed by atoms with Crippen molar-refractivity contribution in [3.05, 3.63) is 76.1 Å². The third-order valence-corrected chi connectivity index (χ3v) is 4.25. The van der Waals surface area contributed by atoms with E-state index < -0.39 is 0 Å². The fourth-order valence-corrected chi connectivity index (χ4v) is 2.51. The number of anilines is 1. The molecular weight excluding hydrogens is 340 g/mol. The van der Waals surface area contributed by atoms with Crippen LogP contribution < -0.4 is 10.1 Å². The van der Waals surface area contributed by atoms with E-state index in [1.54, 1.807) is 25.1 Å². The van der Waals surface area contributed by atoms with Gasteiger partial charge in [0.1, 0.15) is 18.1 Å². The molecule has 3 aromatic rings. The van der Waals surface area contributed by atoms with E-state index in [-0.39, 0.29) is 18.2 Å². The van der Waals surface area contributed by atoms with Crippen LogP contribution in [0, 0.1) is 13.8 Å². The largest absolute Gasteiger partial charge is 0.489 e. The lowest BCUT2D eigenvalue weighted by atomic mass is 10.1. The van der Waals surface area contributed by atoms with Crippen LogP contribution in [0.2, 0.25) is 5.02 Å². The molecule has 0 bridgehead atoms. The highest BCUT2D eigenvalue weighted by molar-refractivity contribution is 6.31. The molecule has 0 saturated carbocycles. The van der Waals surface area contributed by atoms with Crippen LogP contribution in [0.3, 0.4) is 0 Å². The van der Waals surface area contributed by atoms with Gasteiger partial charge in [0.2, 0.25) is 0 Å². The first-order valence-electron chi connectivity index (χ1n) is 7.75. The summed E-state index contributed by atoms with van der Waals surface area (Å²) in [6.07, 6.45) is 0. The fraction of sp³-hybridized carbons (Fsp3) is 0.158. The number of aromatic nitrogens is 1. The van der Waals surface area contributed by atoms with E-state index >= 15 is 0 Å². The molecule has 0 fully saturated rings. The number of nitrogens with zero attached hydrogens (tertiary/aromatic N) is 1. The van der Waals surface area contributed by atoms with Gasteiger partial charge in [-0.2, -0.15) is 0 Å². The van der Waals surface area contributed by atoms with Crippen LogP contribution in [-0.4, -0.2) is 11.1 Å². The molecule has 25 heavy (non-hydrogen) atoms. The van der Waals surface area contributed by atoms with Crippen LogP contribution in [-0.2, 0) is 6.61 Å². The number of para-hydroxylation sites is 1. The molecule has 0 unspecified atom stereocenters. The van der Waals surface area contributed by atoms with Gasteiger partial charge in [-0.15, -0.1) is 0 Å². The summed E-state index contributed by atoms with van der Waals surface area (Å²) in [6, 6.07) is 14.7. The van der Waals surface area contributed by atoms with Crippen molar-refractivity contribution in [2.45, 2.75) is 20.5 Å². The number of hydrogen-bond donors (Lipinski definition) is 1. The normalized spacial score (nSPS) is 10.5. The van der Waals surface area contributed by atoms with Gasteiger partial charge in [0.15, 0.2) is 5.69 Å². The number of carbonyl (C=O) groups excluding carboxylic acids is 1. The molecule has 0 spiro atoms. The number of halogens is 1. The number of amides is 1. The molecule has 1 aromatic heterocycles. The van der Waals surface area contributed by atoms with E-state index in [1.807, 2.05) is 37.3 Å². The molecule has 128 valence electrons. The second-order valence-corrected chi connectivity index (χ2v) is 5.94. The van der Waals surface area contributed by atoms with Gasteiger partial charge in [-0.1, -0.05) is 41.0 Å². The SMILES string of the molecule is Cc1onc(C(=O)Nc2cccc(Cl)c2C)c1COc1ccccc1. The molecule has 5 nitrogen and oxygen atoms in total. The summed E-state index contributed by atoms with van der Waals surface area (Å²) in [5, 5.41) is 7.28. The molecule has 6 heteroatoms. The molecule has 0 atom stereocenters. The molecule has 0 radical (unpaired) electrons. The van der Waals surface area contributed by atoms with Gasteiger partial charge in [0.05, 0.1) is 5.56 Å². The van der Waals surface area contributed by atoms with Crippen LogP contribution in [0.1, 0.15) is 27.4 Å². The highest BCUT2D eigenvalue weighted by Crippen LogP contribution is 2.24. The highest BCUT2D eigenvalue weighted by Gasteiger charge is 2.21. The second kappa shape index (κ2) is 7.40. The maximum atomic E-state index is 12.6. The molecule has 0 aliphatic heterocycles. The molecule has 0 aliphatic carbocycles. The zero-order valence-electron chi connectivity index (χ0n) is 13.9. The zero-order chi connectivity index (χ0) is 17.8.